The van der Waals surface area contributed by atoms with Crippen molar-refractivity contribution in [3.8, 4) is 0 Å². The number of benzene rings is 1. The first kappa shape index (κ1) is 12.7. The Morgan fingerprint density at radius 3 is 2.74 bits per heavy atom. The highest BCUT2D eigenvalue weighted by Gasteiger charge is 2.19. The van der Waals surface area contributed by atoms with Gasteiger partial charge in [-0.25, -0.2) is 0 Å². The molecular weight excluding hydrogens is 236 g/mol. The number of hydrogen-bond acceptors (Lipinski definition) is 3. The van der Waals surface area contributed by atoms with Crippen molar-refractivity contribution in [1.82, 2.24) is 4.90 Å². The quantitative estimate of drug-likeness (QED) is 0.919. The Morgan fingerprint density at radius 2 is 2.00 bits per heavy atom. The molecule has 2 N–H and O–H groups in total. The largest absolute Gasteiger partial charge is 0.459 e. The molecule has 0 aliphatic carbocycles. The lowest BCUT2D eigenvalue weighted by Gasteiger charge is -2.30. The van der Waals surface area contributed by atoms with E-state index in [1.807, 2.05) is 12.1 Å². The number of likely N-dealkylation sites (tertiary alicyclic amines) is 1. The first-order valence-electron chi connectivity index (χ1n) is 7.19. The average Bonchev–Trinajstić information content (AvgIpc) is 2.79. The SMILES string of the molecule is CC1CCN(Cc2c(CN)oc3ccccc23)CC1. The fourth-order valence-corrected chi connectivity index (χ4v) is 2.93. The van der Waals surface area contributed by atoms with Crippen LogP contribution in [0.3, 0.4) is 0 Å². The Morgan fingerprint density at radius 1 is 1.26 bits per heavy atom. The normalized spacial score (nSPS) is 18.2. The Labute approximate surface area is 114 Å². The Balaban J connectivity index is 1.87. The van der Waals surface area contributed by atoms with E-state index in [9.17, 15) is 0 Å². The average molecular weight is 258 g/mol. The molecule has 0 radical (unpaired) electrons. The van der Waals surface area contributed by atoms with E-state index in [0.717, 1.165) is 23.8 Å². The van der Waals surface area contributed by atoms with Gasteiger partial charge in [-0.15, -0.1) is 0 Å². The molecule has 0 amide bonds. The van der Waals surface area contributed by atoms with Crippen LogP contribution in [0.2, 0.25) is 0 Å². The molecule has 102 valence electrons. The summed E-state index contributed by atoms with van der Waals surface area (Å²) < 4.78 is 5.86. The van der Waals surface area contributed by atoms with Gasteiger partial charge in [0, 0.05) is 17.5 Å². The minimum Gasteiger partial charge on any atom is -0.459 e. The second kappa shape index (κ2) is 5.35. The van der Waals surface area contributed by atoms with Gasteiger partial charge >= 0.3 is 0 Å². The lowest BCUT2D eigenvalue weighted by molar-refractivity contribution is 0.185. The van der Waals surface area contributed by atoms with Gasteiger partial charge in [0.1, 0.15) is 11.3 Å². The van der Waals surface area contributed by atoms with Crippen LogP contribution in [-0.2, 0) is 13.1 Å². The van der Waals surface area contributed by atoms with Crippen LogP contribution >= 0.6 is 0 Å². The van der Waals surface area contributed by atoms with Crippen LogP contribution in [0.4, 0.5) is 0 Å². The van der Waals surface area contributed by atoms with Crippen LogP contribution < -0.4 is 5.73 Å². The Bertz CT molecular complexity index is 553. The summed E-state index contributed by atoms with van der Waals surface area (Å²) >= 11 is 0. The fourth-order valence-electron chi connectivity index (χ4n) is 2.93. The predicted molar refractivity (Wildman–Crippen MR) is 77.8 cm³/mol. The minimum absolute atomic E-state index is 0.480. The third-order valence-corrected chi connectivity index (χ3v) is 4.23. The highest BCUT2D eigenvalue weighted by Crippen LogP contribution is 2.28. The molecule has 19 heavy (non-hydrogen) atoms. The molecule has 3 heteroatoms. The van der Waals surface area contributed by atoms with E-state index in [-0.39, 0.29) is 0 Å². The van der Waals surface area contributed by atoms with E-state index in [1.54, 1.807) is 0 Å². The van der Waals surface area contributed by atoms with Crippen molar-refractivity contribution in [1.29, 1.82) is 0 Å². The zero-order chi connectivity index (χ0) is 13.2. The van der Waals surface area contributed by atoms with Crippen LogP contribution in [0.25, 0.3) is 11.0 Å². The van der Waals surface area contributed by atoms with Crippen LogP contribution in [0.1, 0.15) is 31.1 Å². The Kier molecular flexibility index (Phi) is 3.58. The number of nitrogens with zero attached hydrogens (tertiary/aromatic N) is 1. The second-order valence-corrected chi connectivity index (χ2v) is 5.66. The van der Waals surface area contributed by atoms with Crippen molar-refractivity contribution in [2.45, 2.75) is 32.9 Å². The molecular formula is C16H22N2O. The molecule has 1 aliphatic heterocycles. The zero-order valence-corrected chi connectivity index (χ0v) is 11.6. The molecule has 1 aromatic carbocycles. The number of rotatable bonds is 3. The van der Waals surface area contributed by atoms with Gasteiger partial charge in [-0.2, -0.15) is 0 Å². The van der Waals surface area contributed by atoms with Gasteiger partial charge in [0.15, 0.2) is 0 Å². The summed E-state index contributed by atoms with van der Waals surface area (Å²) in [6.45, 7) is 6.16. The van der Waals surface area contributed by atoms with E-state index in [0.29, 0.717) is 6.54 Å². The summed E-state index contributed by atoms with van der Waals surface area (Å²) in [7, 11) is 0. The Hall–Kier alpha value is -1.32. The van der Waals surface area contributed by atoms with Crippen molar-refractivity contribution in [3.63, 3.8) is 0 Å². The highest BCUT2D eigenvalue weighted by molar-refractivity contribution is 5.82. The molecule has 3 nitrogen and oxygen atoms in total. The lowest BCUT2D eigenvalue weighted by atomic mass is 9.98. The van der Waals surface area contributed by atoms with Gasteiger partial charge in [-0.3, -0.25) is 4.90 Å². The van der Waals surface area contributed by atoms with E-state index in [4.69, 9.17) is 10.2 Å². The number of hydrogen-bond donors (Lipinski definition) is 1. The molecule has 0 saturated carbocycles. The molecule has 3 rings (SSSR count). The second-order valence-electron chi connectivity index (χ2n) is 5.66. The summed E-state index contributed by atoms with van der Waals surface area (Å²) in [5.74, 6) is 1.81. The van der Waals surface area contributed by atoms with Crippen molar-refractivity contribution < 1.29 is 4.42 Å². The van der Waals surface area contributed by atoms with Gasteiger partial charge in [-0.05, 0) is 37.9 Å². The predicted octanol–water partition coefficient (Wildman–Crippen LogP) is 3.12. The summed E-state index contributed by atoms with van der Waals surface area (Å²) in [5, 5.41) is 1.22. The van der Waals surface area contributed by atoms with Crippen molar-refractivity contribution in [3.05, 3.63) is 35.6 Å². The number of piperidine rings is 1. The van der Waals surface area contributed by atoms with Gasteiger partial charge in [0.25, 0.3) is 0 Å². The topological polar surface area (TPSA) is 42.4 Å². The third-order valence-electron chi connectivity index (χ3n) is 4.23. The molecule has 2 heterocycles. The van der Waals surface area contributed by atoms with Crippen LogP contribution in [0.5, 0.6) is 0 Å². The molecule has 1 aliphatic rings. The fraction of sp³-hybridized carbons (Fsp3) is 0.500. The maximum absolute atomic E-state index is 5.86. The standard InChI is InChI=1S/C16H22N2O/c1-12-6-8-18(9-7-12)11-14-13-4-2-3-5-15(13)19-16(14)10-17/h2-5,12H,6-11,17H2,1H3. The summed E-state index contributed by atoms with van der Waals surface area (Å²) in [6.07, 6.45) is 2.60. The molecule has 1 aromatic heterocycles. The lowest BCUT2D eigenvalue weighted by Crippen LogP contribution is -2.32. The molecule has 1 saturated heterocycles. The summed E-state index contributed by atoms with van der Waals surface area (Å²) in [6, 6.07) is 8.24. The maximum atomic E-state index is 5.86. The van der Waals surface area contributed by atoms with E-state index >= 15 is 0 Å². The maximum Gasteiger partial charge on any atom is 0.134 e. The van der Waals surface area contributed by atoms with Crippen LogP contribution in [-0.4, -0.2) is 18.0 Å². The van der Waals surface area contributed by atoms with Crippen molar-refractivity contribution in [2.24, 2.45) is 11.7 Å². The van der Waals surface area contributed by atoms with Crippen LogP contribution in [0, 0.1) is 5.92 Å². The summed E-state index contributed by atoms with van der Waals surface area (Å²) in [4.78, 5) is 2.52. The van der Waals surface area contributed by atoms with Crippen molar-refractivity contribution >= 4 is 11.0 Å². The molecule has 1 fully saturated rings. The minimum atomic E-state index is 0.480. The highest BCUT2D eigenvalue weighted by atomic mass is 16.3. The molecule has 0 unspecified atom stereocenters. The van der Waals surface area contributed by atoms with E-state index in [1.165, 1.54) is 36.9 Å². The van der Waals surface area contributed by atoms with Gasteiger partial charge in [0.05, 0.1) is 6.54 Å². The monoisotopic (exact) mass is 258 g/mol. The number of fused-ring (bicyclic) bond motifs is 1. The van der Waals surface area contributed by atoms with Gasteiger partial charge in [0.2, 0.25) is 0 Å². The van der Waals surface area contributed by atoms with Crippen molar-refractivity contribution in [2.75, 3.05) is 13.1 Å². The van der Waals surface area contributed by atoms with E-state index < -0.39 is 0 Å². The molecule has 0 spiro atoms. The first-order chi connectivity index (χ1) is 9.28. The molecule has 0 atom stereocenters. The smallest absolute Gasteiger partial charge is 0.134 e. The van der Waals surface area contributed by atoms with Crippen LogP contribution in [0.15, 0.2) is 28.7 Å². The molecule has 0 bridgehead atoms. The zero-order valence-electron chi connectivity index (χ0n) is 11.6. The van der Waals surface area contributed by atoms with Gasteiger partial charge < -0.3 is 10.2 Å². The van der Waals surface area contributed by atoms with E-state index in [2.05, 4.69) is 24.0 Å². The number of para-hydroxylation sites is 1. The third kappa shape index (κ3) is 2.53. The number of furan rings is 1. The molecule has 2 aromatic rings. The van der Waals surface area contributed by atoms with Gasteiger partial charge in [-0.1, -0.05) is 25.1 Å². The summed E-state index contributed by atoms with van der Waals surface area (Å²) in [5.41, 5.74) is 8.08. The number of nitrogens with two attached hydrogens (primary N) is 1. The first-order valence-corrected chi connectivity index (χ1v) is 7.19.